The van der Waals surface area contributed by atoms with E-state index in [9.17, 15) is 9.59 Å². The smallest absolute Gasteiger partial charge is 0.396 e. The van der Waals surface area contributed by atoms with E-state index < -0.39 is 11.9 Å². The van der Waals surface area contributed by atoms with E-state index >= 15 is 0 Å². The monoisotopic (exact) mass is 227 g/mol. The van der Waals surface area contributed by atoms with Gasteiger partial charge in [-0.15, -0.1) is 0 Å². The molecule has 0 bridgehead atoms. The van der Waals surface area contributed by atoms with Gasteiger partial charge >= 0.3 is 11.9 Å². The molecule has 0 aliphatic heterocycles. The topological polar surface area (TPSA) is 55.4 Å². The zero-order valence-corrected chi connectivity index (χ0v) is 8.88. The summed E-state index contributed by atoms with van der Waals surface area (Å²) in [6, 6.07) is 6.95. The van der Waals surface area contributed by atoms with Crippen LogP contribution in [0.3, 0.4) is 0 Å². The Hall–Kier alpha value is -1.55. The number of hydrogen-bond acceptors (Lipinski definition) is 3. The summed E-state index contributed by atoms with van der Waals surface area (Å²) < 4.78 is 4.25. The van der Waals surface area contributed by atoms with Crippen LogP contribution in [0.5, 0.6) is 0 Å². The van der Waals surface area contributed by atoms with Crippen LogP contribution in [-0.2, 0) is 20.9 Å². The molecule has 0 atom stereocenters. The van der Waals surface area contributed by atoms with E-state index in [2.05, 4.69) is 10.1 Å². The highest BCUT2D eigenvalue weighted by Gasteiger charge is 2.12. The Morgan fingerprint density at radius 1 is 1.33 bits per heavy atom. The fourth-order valence-electron chi connectivity index (χ4n) is 0.949. The Labute approximate surface area is 92.2 Å². The van der Waals surface area contributed by atoms with Crippen LogP contribution in [-0.4, -0.2) is 19.0 Å². The lowest BCUT2D eigenvalue weighted by Crippen LogP contribution is -2.31. The number of amides is 1. The molecule has 1 rings (SSSR count). The van der Waals surface area contributed by atoms with Gasteiger partial charge in [-0.3, -0.25) is 4.79 Å². The van der Waals surface area contributed by atoms with Crippen LogP contribution in [0.25, 0.3) is 0 Å². The van der Waals surface area contributed by atoms with Crippen molar-refractivity contribution in [2.45, 2.75) is 6.54 Å². The third-order valence-corrected chi connectivity index (χ3v) is 1.99. The molecule has 0 spiro atoms. The Morgan fingerprint density at radius 2 is 1.93 bits per heavy atom. The number of rotatable bonds is 2. The van der Waals surface area contributed by atoms with E-state index in [1.165, 1.54) is 0 Å². The van der Waals surface area contributed by atoms with Gasteiger partial charge < -0.3 is 10.1 Å². The molecule has 5 heteroatoms. The summed E-state index contributed by atoms with van der Waals surface area (Å²) in [6.45, 7) is 0.269. The number of carbonyl (C=O) groups excluding carboxylic acids is 2. The Morgan fingerprint density at radius 3 is 2.47 bits per heavy atom. The standard InChI is InChI=1S/C10H10ClNO3/c1-15-10(14)9(13)12-6-7-2-4-8(11)5-3-7/h2-5H,6H2,1H3,(H,12,13). The number of benzene rings is 1. The minimum Gasteiger partial charge on any atom is -0.462 e. The molecule has 15 heavy (non-hydrogen) atoms. The molecule has 1 amide bonds. The van der Waals surface area contributed by atoms with Crippen LogP contribution in [0.1, 0.15) is 5.56 Å². The van der Waals surface area contributed by atoms with Crippen LogP contribution in [0.4, 0.5) is 0 Å². The van der Waals surface area contributed by atoms with Gasteiger partial charge in [-0.25, -0.2) is 4.79 Å². The molecule has 0 aliphatic rings. The minimum atomic E-state index is -0.899. The van der Waals surface area contributed by atoms with E-state index in [1.54, 1.807) is 24.3 Å². The van der Waals surface area contributed by atoms with Crippen molar-refractivity contribution in [2.75, 3.05) is 7.11 Å². The second-order valence-corrected chi connectivity index (χ2v) is 3.24. The van der Waals surface area contributed by atoms with Crippen molar-refractivity contribution < 1.29 is 14.3 Å². The lowest BCUT2D eigenvalue weighted by atomic mass is 10.2. The number of halogens is 1. The fraction of sp³-hybridized carbons (Fsp3) is 0.200. The maximum Gasteiger partial charge on any atom is 0.396 e. The highest BCUT2D eigenvalue weighted by atomic mass is 35.5. The number of hydrogen-bond donors (Lipinski definition) is 1. The van der Waals surface area contributed by atoms with E-state index in [1.807, 2.05) is 0 Å². The highest BCUT2D eigenvalue weighted by molar-refractivity contribution is 6.32. The summed E-state index contributed by atoms with van der Waals surface area (Å²) in [5.74, 6) is -1.66. The van der Waals surface area contributed by atoms with Crippen LogP contribution in [0.15, 0.2) is 24.3 Å². The largest absolute Gasteiger partial charge is 0.462 e. The number of esters is 1. The van der Waals surface area contributed by atoms with Gasteiger partial charge in [0.15, 0.2) is 0 Å². The summed E-state index contributed by atoms with van der Waals surface area (Å²) in [4.78, 5) is 21.7. The van der Waals surface area contributed by atoms with Crippen molar-refractivity contribution in [3.63, 3.8) is 0 Å². The van der Waals surface area contributed by atoms with Crippen molar-refractivity contribution in [1.29, 1.82) is 0 Å². The van der Waals surface area contributed by atoms with Crippen molar-refractivity contribution >= 4 is 23.5 Å². The molecular formula is C10H10ClNO3. The second-order valence-electron chi connectivity index (χ2n) is 2.80. The minimum absolute atomic E-state index is 0.269. The molecule has 1 N–H and O–H groups in total. The maximum absolute atomic E-state index is 11.0. The van der Waals surface area contributed by atoms with Gasteiger partial charge in [-0.2, -0.15) is 0 Å². The first-order chi connectivity index (χ1) is 7.13. The summed E-state index contributed by atoms with van der Waals surface area (Å²) in [5.41, 5.74) is 0.858. The van der Waals surface area contributed by atoms with Gasteiger partial charge in [0.25, 0.3) is 0 Å². The first-order valence-corrected chi connectivity index (χ1v) is 4.62. The lowest BCUT2D eigenvalue weighted by Gasteiger charge is -2.03. The molecule has 1 aromatic carbocycles. The first kappa shape index (κ1) is 11.5. The molecule has 80 valence electrons. The zero-order valence-electron chi connectivity index (χ0n) is 8.12. The molecule has 0 saturated heterocycles. The molecule has 4 nitrogen and oxygen atoms in total. The summed E-state index contributed by atoms with van der Waals surface area (Å²) >= 11 is 5.69. The van der Waals surface area contributed by atoms with Crippen molar-refractivity contribution in [3.05, 3.63) is 34.9 Å². The van der Waals surface area contributed by atoms with Crippen molar-refractivity contribution in [2.24, 2.45) is 0 Å². The third-order valence-electron chi connectivity index (χ3n) is 1.74. The van der Waals surface area contributed by atoms with Gasteiger partial charge in [0.2, 0.25) is 0 Å². The molecule has 0 aromatic heterocycles. The first-order valence-electron chi connectivity index (χ1n) is 4.24. The maximum atomic E-state index is 11.0. The average Bonchev–Trinajstić information content (AvgIpc) is 2.26. The van der Waals surface area contributed by atoms with E-state index in [0.717, 1.165) is 12.7 Å². The summed E-state index contributed by atoms with van der Waals surface area (Å²) in [6.07, 6.45) is 0. The van der Waals surface area contributed by atoms with Crippen LogP contribution >= 0.6 is 11.6 Å². The number of methoxy groups -OCH3 is 1. The number of ether oxygens (including phenoxy) is 1. The van der Waals surface area contributed by atoms with Crippen molar-refractivity contribution in [3.8, 4) is 0 Å². The number of nitrogens with one attached hydrogen (secondary N) is 1. The fourth-order valence-corrected chi connectivity index (χ4v) is 1.08. The summed E-state index contributed by atoms with van der Waals surface area (Å²) in [7, 11) is 1.16. The Kier molecular flexibility index (Phi) is 4.12. The molecule has 0 aliphatic carbocycles. The van der Waals surface area contributed by atoms with Gasteiger partial charge in [0, 0.05) is 11.6 Å². The van der Waals surface area contributed by atoms with Crippen LogP contribution in [0.2, 0.25) is 5.02 Å². The predicted octanol–water partition coefficient (Wildman–Crippen LogP) is 1.13. The van der Waals surface area contributed by atoms with E-state index in [-0.39, 0.29) is 6.54 Å². The van der Waals surface area contributed by atoms with Crippen LogP contribution in [0, 0.1) is 0 Å². The second kappa shape index (κ2) is 5.36. The van der Waals surface area contributed by atoms with Gasteiger partial charge in [-0.1, -0.05) is 23.7 Å². The van der Waals surface area contributed by atoms with E-state index in [0.29, 0.717) is 5.02 Å². The van der Waals surface area contributed by atoms with Crippen LogP contribution < -0.4 is 5.32 Å². The third kappa shape index (κ3) is 3.59. The molecule has 0 fully saturated rings. The van der Waals surface area contributed by atoms with Gasteiger partial charge in [-0.05, 0) is 17.7 Å². The van der Waals surface area contributed by atoms with Crippen molar-refractivity contribution in [1.82, 2.24) is 5.32 Å². The Balaban J connectivity index is 2.47. The average molecular weight is 228 g/mol. The molecule has 0 unspecified atom stereocenters. The molecule has 0 saturated carbocycles. The van der Waals surface area contributed by atoms with E-state index in [4.69, 9.17) is 11.6 Å². The highest BCUT2D eigenvalue weighted by Crippen LogP contribution is 2.08. The zero-order chi connectivity index (χ0) is 11.3. The number of carbonyl (C=O) groups is 2. The quantitative estimate of drug-likeness (QED) is 0.609. The SMILES string of the molecule is COC(=O)C(=O)NCc1ccc(Cl)cc1. The summed E-state index contributed by atoms with van der Waals surface area (Å²) in [5, 5.41) is 3.04. The van der Waals surface area contributed by atoms with Gasteiger partial charge in [0.05, 0.1) is 7.11 Å². The molecule has 0 heterocycles. The molecule has 0 radical (unpaired) electrons. The molecule has 1 aromatic rings. The lowest BCUT2D eigenvalue weighted by molar-refractivity contribution is -0.152. The Bertz CT molecular complexity index is 361. The normalized spacial score (nSPS) is 9.47. The predicted molar refractivity (Wildman–Crippen MR) is 55.3 cm³/mol. The molecular weight excluding hydrogens is 218 g/mol. The van der Waals surface area contributed by atoms with Gasteiger partial charge in [0.1, 0.15) is 0 Å².